The Bertz CT molecular complexity index is 449. The monoisotopic (exact) mass is 332 g/mol. The lowest BCUT2D eigenvalue weighted by Crippen LogP contribution is -2.57. The zero-order chi connectivity index (χ0) is 17.0. The first-order valence-corrected chi connectivity index (χ1v) is 8.50. The van der Waals surface area contributed by atoms with Gasteiger partial charge in [0.15, 0.2) is 5.54 Å². The number of rotatable bonds is 5. The molecule has 0 aromatic carbocycles. The van der Waals surface area contributed by atoms with E-state index in [1.807, 2.05) is 6.26 Å². The molecule has 8 heteroatoms. The molecule has 1 aliphatic rings. The smallest absolute Gasteiger partial charge is 0.408 e. The molecule has 0 bridgehead atoms. The van der Waals surface area contributed by atoms with Crippen LogP contribution in [0.1, 0.15) is 33.6 Å². The third-order valence-electron chi connectivity index (χ3n) is 3.29. The maximum Gasteiger partial charge on any atom is 0.408 e. The van der Waals surface area contributed by atoms with Crippen LogP contribution in [0.5, 0.6) is 0 Å². The number of carbonyl (C=O) groups excluding carboxylic acids is 2. The Balaban J connectivity index is 2.72. The number of carbonyl (C=O) groups is 3. The van der Waals surface area contributed by atoms with Gasteiger partial charge in [0.25, 0.3) is 0 Å². The number of alkyl carbamates (subject to hydrolysis) is 1. The van der Waals surface area contributed by atoms with E-state index in [0.29, 0.717) is 18.7 Å². The minimum Gasteiger partial charge on any atom is -0.479 e. The van der Waals surface area contributed by atoms with E-state index in [-0.39, 0.29) is 18.9 Å². The van der Waals surface area contributed by atoms with Crippen LogP contribution in [0.4, 0.5) is 4.79 Å². The Morgan fingerprint density at radius 2 is 2.00 bits per heavy atom. The summed E-state index contributed by atoms with van der Waals surface area (Å²) in [5.74, 6) is -0.559. The SMILES string of the molecule is CSCCC(=O)N1CCC(NC(=O)OC(C)(C)C)(C(=O)O)C1. The second-order valence-electron chi connectivity index (χ2n) is 6.32. The predicted molar refractivity (Wildman–Crippen MR) is 83.9 cm³/mol. The van der Waals surface area contributed by atoms with Crippen molar-refractivity contribution in [2.75, 3.05) is 25.1 Å². The van der Waals surface area contributed by atoms with Crippen LogP contribution in [-0.4, -0.2) is 64.2 Å². The fourth-order valence-corrected chi connectivity index (χ4v) is 2.58. The third-order valence-corrected chi connectivity index (χ3v) is 3.90. The van der Waals surface area contributed by atoms with Gasteiger partial charge >= 0.3 is 12.1 Å². The molecule has 1 saturated heterocycles. The van der Waals surface area contributed by atoms with E-state index in [1.165, 1.54) is 4.90 Å². The Hall–Kier alpha value is -1.44. The molecule has 0 saturated carbocycles. The number of nitrogens with zero attached hydrogens (tertiary/aromatic N) is 1. The molecule has 0 spiro atoms. The van der Waals surface area contributed by atoms with Gasteiger partial charge in [0, 0.05) is 25.1 Å². The summed E-state index contributed by atoms with van der Waals surface area (Å²) in [5, 5.41) is 11.9. The molecule has 2 N–H and O–H groups in total. The van der Waals surface area contributed by atoms with Crippen molar-refractivity contribution in [2.45, 2.75) is 44.8 Å². The maximum absolute atomic E-state index is 12.0. The number of nitrogens with one attached hydrogen (secondary N) is 1. The summed E-state index contributed by atoms with van der Waals surface area (Å²) >= 11 is 1.56. The lowest BCUT2D eigenvalue weighted by molar-refractivity contribution is -0.144. The molecule has 0 radical (unpaired) electrons. The Morgan fingerprint density at radius 3 is 2.50 bits per heavy atom. The van der Waals surface area contributed by atoms with Gasteiger partial charge < -0.3 is 20.1 Å². The van der Waals surface area contributed by atoms with E-state index in [1.54, 1.807) is 32.5 Å². The maximum atomic E-state index is 12.0. The number of hydrogen-bond donors (Lipinski definition) is 2. The topological polar surface area (TPSA) is 95.9 Å². The summed E-state index contributed by atoms with van der Waals surface area (Å²) in [6.07, 6.45) is 1.66. The Morgan fingerprint density at radius 1 is 1.36 bits per heavy atom. The number of thioether (sulfide) groups is 1. The highest BCUT2D eigenvalue weighted by Gasteiger charge is 2.48. The van der Waals surface area contributed by atoms with Crippen molar-refractivity contribution >= 4 is 29.7 Å². The Labute approximate surface area is 134 Å². The number of aliphatic carboxylic acids is 1. The van der Waals surface area contributed by atoms with E-state index in [9.17, 15) is 19.5 Å². The van der Waals surface area contributed by atoms with E-state index < -0.39 is 23.2 Å². The summed E-state index contributed by atoms with van der Waals surface area (Å²) in [6, 6.07) is 0. The standard InChI is InChI=1S/C14H24N2O5S/c1-13(2,3)21-12(20)15-14(11(18)19)6-7-16(9-14)10(17)5-8-22-4/h5-9H2,1-4H3,(H,15,20)(H,18,19). The van der Waals surface area contributed by atoms with Crippen LogP contribution in [0.15, 0.2) is 0 Å². The van der Waals surface area contributed by atoms with Gasteiger partial charge in [-0.25, -0.2) is 9.59 Å². The first-order chi connectivity index (χ1) is 10.1. The quantitative estimate of drug-likeness (QED) is 0.788. The first kappa shape index (κ1) is 18.6. The molecule has 0 aliphatic carbocycles. The van der Waals surface area contributed by atoms with Gasteiger partial charge in [-0.05, 0) is 27.0 Å². The molecule has 22 heavy (non-hydrogen) atoms. The van der Waals surface area contributed by atoms with E-state index in [4.69, 9.17) is 4.74 Å². The fraction of sp³-hybridized carbons (Fsp3) is 0.786. The van der Waals surface area contributed by atoms with Gasteiger partial charge in [0.1, 0.15) is 5.60 Å². The zero-order valence-corrected chi connectivity index (χ0v) is 14.3. The van der Waals surface area contributed by atoms with Gasteiger partial charge in [-0.3, -0.25) is 4.79 Å². The van der Waals surface area contributed by atoms with Crippen LogP contribution in [-0.2, 0) is 14.3 Å². The van der Waals surface area contributed by atoms with Crippen molar-refractivity contribution in [3.8, 4) is 0 Å². The minimum absolute atomic E-state index is 0.0329. The van der Waals surface area contributed by atoms with Gasteiger partial charge in [-0.15, -0.1) is 0 Å². The number of ether oxygens (including phenoxy) is 1. The molecule has 7 nitrogen and oxygen atoms in total. The molecule has 1 fully saturated rings. The largest absolute Gasteiger partial charge is 0.479 e. The highest BCUT2D eigenvalue weighted by Crippen LogP contribution is 2.23. The van der Waals surface area contributed by atoms with Crippen LogP contribution in [0.3, 0.4) is 0 Å². The van der Waals surface area contributed by atoms with Crippen molar-refractivity contribution in [1.29, 1.82) is 0 Å². The van der Waals surface area contributed by atoms with Gasteiger partial charge in [0.2, 0.25) is 5.91 Å². The summed E-state index contributed by atoms with van der Waals surface area (Å²) in [4.78, 5) is 37.0. The van der Waals surface area contributed by atoms with Crippen molar-refractivity contribution in [3.63, 3.8) is 0 Å². The predicted octanol–water partition coefficient (Wildman–Crippen LogP) is 1.32. The molecule has 1 aliphatic heterocycles. The molecule has 1 rings (SSSR count). The average Bonchev–Trinajstić information content (AvgIpc) is 2.79. The summed E-state index contributed by atoms with van der Waals surface area (Å²) in [5.41, 5.74) is -2.19. The van der Waals surface area contributed by atoms with Gasteiger partial charge in [-0.2, -0.15) is 11.8 Å². The number of carboxylic acids is 1. The number of carboxylic acid groups (broad SMARTS) is 1. The molecule has 2 amide bonds. The van der Waals surface area contributed by atoms with Crippen molar-refractivity contribution in [3.05, 3.63) is 0 Å². The molecule has 1 heterocycles. The summed E-state index contributed by atoms with van der Waals surface area (Å²) in [6.45, 7) is 5.39. The van der Waals surface area contributed by atoms with Crippen LogP contribution in [0, 0.1) is 0 Å². The second-order valence-corrected chi connectivity index (χ2v) is 7.31. The highest BCUT2D eigenvalue weighted by molar-refractivity contribution is 7.98. The molecule has 1 atom stereocenters. The molecule has 0 aromatic rings. The van der Waals surface area contributed by atoms with E-state index in [0.717, 1.165) is 0 Å². The summed E-state index contributed by atoms with van der Waals surface area (Å²) in [7, 11) is 0. The minimum atomic E-state index is -1.47. The van der Waals surface area contributed by atoms with Crippen LogP contribution in [0.25, 0.3) is 0 Å². The van der Waals surface area contributed by atoms with E-state index >= 15 is 0 Å². The van der Waals surface area contributed by atoms with Crippen molar-refractivity contribution in [1.82, 2.24) is 10.2 Å². The second kappa shape index (κ2) is 7.21. The van der Waals surface area contributed by atoms with Gasteiger partial charge in [-0.1, -0.05) is 0 Å². The number of amides is 2. The molecule has 1 unspecified atom stereocenters. The fourth-order valence-electron chi connectivity index (χ4n) is 2.20. The van der Waals surface area contributed by atoms with Crippen LogP contribution >= 0.6 is 11.8 Å². The Kier molecular flexibility index (Phi) is 6.10. The number of likely N-dealkylation sites (tertiary alicyclic amines) is 1. The molecular formula is C14H24N2O5S. The van der Waals surface area contributed by atoms with Crippen LogP contribution in [0.2, 0.25) is 0 Å². The first-order valence-electron chi connectivity index (χ1n) is 7.11. The lowest BCUT2D eigenvalue weighted by Gasteiger charge is -2.28. The zero-order valence-electron chi connectivity index (χ0n) is 13.5. The average molecular weight is 332 g/mol. The normalized spacial score (nSPS) is 21.5. The molecule has 0 aromatic heterocycles. The van der Waals surface area contributed by atoms with Crippen LogP contribution < -0.4 is 5.32 Å². The van der Waals surface area contributed by atoms with Gasteiger partial charge in [0.05, 0.1) is 6.54 Å². The van der Waals surface area contributed by atoms with E-state index in [2.05, 4.69) is 5.32 Å². The molecule has 126 valence electrons. The number of hydrogen-bond acceptors (Lipinski definition) is 5. The third kappa shape index (κ3) is 5.08. The highest BCUT2D eigenvalue weighted by atomic mass is 32.2. The van der Waals surface area contributed by atoms with Crippen molar-refractivity contribution in [2.24, 2.45) is 0 Å². The lowest BCUT2D eigenvalue weighted by atomic mass is 9.99. The van der Waals surface area contributed by atoms with Crippen molar-refractivity contribution < 1.29 is 24.2 Å². The summed E-state index contributed by atoms with van der Waals surface area (Å²) < 4.78 is 5.12. The molecular weight excluding hydrogens is 308 g/mol.